The van der Waals surface area contributed by atoms with E-state index in [1.54, 1.807) is 6.07 Å². The summed E-state index contributed by atoms with van der Waals surface area (Å²) in [4.78, 5) is 2.45. The smallest absolute Gasteiger partial charge is 0.126 e. The molecule has 0 aliphatic carbocycles. The zero-order chi connectivity index (χ0) is 12.0. The van der Waals surface area contributed by atoms with E-state index in [1.165, 1.54) is 18.4 Å². The van der Waals surface area contributed by atoms with E-state index >= 15 is 0 Å². The molecule has 2 aliphatic heterocycles. The predicted molar refractivity (Wildman–Crippen MR) is 75.6 cm³/mol. The van der Waals surface area contributed by atoms with Gasteiger partial charge in [0.05, 0.1) is 0 Å². The van der Waals surface area contributed by atoms with Gasteiger partial charge in [0, 0.05) is 12.1 Å². The summed E-state index contributed by atoms with van der Waals surface area (Å²) in [5.74, 6) is -0.0883. The molecule has 2 atom stereocenters. The minimum absolute atomic E-state index is 0. The molecule has 0 radical (unpaired) electrons. The Balaban J connectivity index is 0.00000120. The van der Waals surface area contributed by atoms with E-state index in [9.17, 15) is 4.39 Å². The first-order valence-electron chi connectivity index (χ1n) is 6.34. The molecular weight excluding hydrogens is 249 g/mol. The highest BCUT2D eigenvalue weighted by Gasteiger charge is 2.33. The lowest BCUT2D eigenvalue weighted by molar-refractivity contribution is 0.264. The van der Waals surface area contributed by atoms with Crippen molar-refractivity contribution in [2.75, 3.05) is 7.05 Å². The summed E-state index contributed by atoms with van der Waals surface area (Å²) >= 11 is 0. The normalized spacial score (nSPS) is 26.7. The third kappa shape index (κ3) is 2.19. The third-order valence-corrected chi connectivity index (χ3v) is 4.29. The van der Waals surface area contributed by atoms with Crippen LogP contribution in [0.1, 0.15) is 30.4 Å². The summed E-state index contributed by atoms with van der Waals surface area (Å²) in [6.45, 7) is 1.81. The minimum atomic E-state index is -0.0883. The SMILES string of the molecule is Cc1ccc(C2=CC3CCC(C2)N3C)cc1F.Cl. The Morgan fingerprint density at radius 3 is 2.72 bits per heavy atom. The van der Waals surface area contributed by atoms with Crippen molar-refractivity contribution in [1.29, 1.82) is 0 Å². The molecule has 3 rings (SSSR count). The molecule has 2 aliphatic rings. The third-order valence-electron chi connectivity index (χ3n) is 4.29. The molecule has 3 heteroatoms. The van der Waals surface area contributed by atoms with Gasteiger partial charge in [0.2, 0.25) is 0 Å². The first kappa shape index (κ1) is 13.6. The van der Waals surface area contributed by atoms with Gasteiger partial charge in [-0.3, -0.25) is 4.90 Å². The lowest BCUT2D eigenvalue weighted by atomic mass is 9.94. The van der Waals surface area contributed by atoms with E-state index in [1.807, 2.05) is 13.0 Å². The van der Waals surface area contributed by atoms with Gasteiger partial charge in [0.1, 0.15) is 5.82 Å². The van der Waals surface area contributed by atoms with Crippen LogP contribution in [0.2, 0.25) is 0 Å². The van der Waals surface area contributed by atoms with Crippen molar-refractivity contribution in [1.82, 2.24) is 4.90 Å². The van der Waals surface area contributed by atoms with Crippen LogP contribution in [-0.2, 0) is 0 Å². The second-order valence-electron chi connectivity index (χ2n) is 5.32. The van der Waals surface area contributed by atoms with Gasteiger partial charge in [0.25, 0.3) is 0 Å². The van der Waals surface area contributed by atoms with Crippen LogP contribution in [0.25, 0.3) is 5.57 Å². The zero-order valence-corrected chi connectivity index (χ0v) is 11.6. The quantitative estimate of drug-likeness (QED) is 0.748. The van der Waals surface area contributed by atoms with Crippen LogP contribution in [0.5, 0.6) is 0 Å². The molecule has 1 saturated heterocycles. The number of likely N-dealkylation sites (N-methyl/N-ethyl adjacent to an activating group) is 1. The lowest BCUT2D eigenvalue weighted by Crippen LogP contribution is -2.34. The van der Waals surface area contributed by atoms with Crippen LogP contribution >= 0.6 is 12.4 Å². The molecule has 1 aromatic rings. The standard InChI is InChI=1S/C15H18FN.ClH/c1-10-3-4-11(9-15(10)16)12-7-13-5-6-14(8-12)17(13)2;/h3-4,7,9,13-14H,5-6,8H2,1-2H3;1H. The van der Waals surface area contributed by atoms with Gasteiger partial charge in [-0.1, -0.05) is 18.2 Å². The van der Waals surface area contributed by atoms with Crippen molar-refractivity contribution in [2.24, 2.45) is 0 Å². The molecule has 1 aromatic carbocycles. The molecular formula is C15H19ClFN. The fourth-order valence-corrected chi connectivity index (χ4v) is 3.05. The Morgan fingerprint density at radius 1 is 1.28 bits per heavy atom. The van der Waals surface area contributed by atoms with Crippen molar-refractivity contribution in [2.45, 2.75) is 38.3 Å². The van der Waals surface area contributed by atoms with Gasteiger partial charge in [-0.2, -0.15) is 0 Å². The Morgan fingerprint density at radius 2 is 2.06 bits per heavy atom. The molecule has 1 nitrogen and oxygen atoms in total. The van der Waals surface area contributed by atoms with Crippen molar-refractivity contribution in [3.63, 3.8) is 0 Å². The van der Waals surface area contributed by atoms with Gasteiger partial charge in [0.15, 0.2) is 0 Å². The zero-order valence-electron chi connectivity index (χ0n) is 10.8. The molecule has 2 bridgehead atoms. The highest BCUT2D eigenvalue weighted by Crippen LogP contribution is 2.37. The molecule has 1 fully saturated rings. The summed E-state index contributed by atoms with van der Waals surface area (Å²) in [7, 11) is 2.20. The summed E-state index contributed by atoms with van der Waals surface area (Å²) in [5.41, 5.74) is 3.12. The largest absolute Gasteiger partial charge is 0.297 e. The topological polar surface area (TPSA) is 3.24 Å². The molecule has 0 amide bonds. The van der Waals surface area contributed by atoms with Crippen molar-refractivity contribution >= 4 is 18.0 Å². The van der Waals surface area contributed by atoms with E-state index in [0.717, 1.165) is 17.5 Å². The number of benzene rings is 1. The Hall–Kier alpha value is -0.860. The second-order valence-corrected chi connectivity index (χ2v) is 5.32. The minimum Gasteiger partial charge on any atom is -0.297 e. The number of rotatable bonds is 1. The van der Waals surface area contributed by atoms with E-state index in [0.29, 0.717) is 12.1 Å². The van der Waals surface area contributed by atoms with Crippen LogP contribution in [0, 0.1) is 12.7 Å². The summed E-state index contributed by atoms with van der Waals surface area (Å²) in [6.07, 6.45) is 5.91. The van der Waals surface area contributed by atoms with Crippen LogP contribution in [0.4, 0.5) is 4.39 Å². The van der Waals surface area contributed by atoms with Gasteiger partial charge < -0.3 is 0 Å². The number of hydrogen-bond donors (Lipinski definition) is 0. The monoisotopic (exact) mass is 267 g/mol. The number of halogens is 2. The van der Waals surface area contributed by atoms with E-state index in [2.05, 4.69) is 24.1 Å². The van der Waals surface area contributed by atoms with Gasteiger partial charge in [-0.15, -0.1) is 12.4 Å². The summed E-state index contributed by atoms with van der Waals surface area (Å²) in [6, 6.07) is 6.84. The molecule has 98 valence electrons. The molecule has 18 heavy (non-hydrogen) atoms. The Kier molecular flexibility index (Phi) is 3.79. The van der Waals surface area contributed by atoms with Gasteiger partial charge in [-0.25, -0.2) is 4.39 Å². The van der Waals surface area contributed by atoms with E-state index in [4.69, 9.17) is 0 Å². The molecule has 0 N–H and O–H groups in total. The van der Waals surface area contributed by atoms with Gasteiger partial charge >= 0.3 is 0 Å². The van der Waals surface area contributed by atoms with E-state index < -0.39 is 0 Å². The average Bonchev–Trinajstić information content (AvgIpc) is 2.55. The maximum absolute atomic E-state index is 13.6. The predicted octanol–water partition coefficient (Wildman–Crippen LogP) is 3.81. The maximum atomic E-state index is 13.6. The number of fused-ring (bicyclic) bond motifs is 2. The number of aryl methyl sites for hydroxylation is 1. The first-order valence-corrected chi connectivity index (χ1v) is 6.34. The van der Waals surface area contributed by atoms with Crippen LogP contribution in [0.3, 0.4) is 0 Å². The second kappa shape index (κ2) is 5.02. The fourth-order valence-electron chi connectivity index (χ4n) is 3.05. The highest BCUT2D eigenvalue weighted by atomic mass is 35.5. The Bertz CT molecular complexity index is 483. The molecule has 0 aromatic heterocycles. The van der Waals surface area contributed by atoms with Crippen molar-refractivity contribution in [3.05, 3.63) is 41.2 Å². The van der Waals surface area contributed by atoms with E-state index in [-0.39, 0.29) is 18.2 Å². The number of nitrogens with zero attached hydrogens (tertiary/aromatic N) is 1. The lowest BCUT2D eigenvalue weighted by Gasteiger charge is -2.30. The average molecular weight is 268 g/mol. The van der Waals surface area contributed by atoms with Crippen molar-refractivity contribution < 1.29 is 4.39 Å². The first-order chi connectivity index (χ1) is 8.15. The van der Waals surface area contributed by atoms with Crippen LogP contribution < -0.4 is 0 Å². The Labute approximate surface area is 114 Å². The van der Waals surface area contributed by atoms with Crippen LogP contribution in [-0.4, -0.2) is 24.0 Å². The number of hydrogen-bond acceptors (Lipinski definition) is 1. The maximum Gasteiger partial charge on any atom is 0.126 e. The van der Waals surface area contributed by atoms with Gasteiger partial charge in [-0.05, 0) is 56.0 Å². The fraction of sp³-hybridized carbons (Fsp3) is 0.467. The molecule has 2 unspecified atom stereocenters. The molecule has 0 saturated carbocycles. The summed E-state index contributed by atoms with van der Waals surface area (Å²) < 4.78 is 13.6. The highest BCUT2D eigenvalue weighted by molar-refractivity contribution is 5.85. The molecule has 2 heterocycles. The van der Waals surface area contributed by atoms with Crippen molar-refractivity contribution in [3.8, 4) is 0 Å². The molecule has 0 spiro atoms. The summed E-state index contributed by atoms with van der Waals surface area (Å²) in [5, 5.41) is 0. The van der Waals surface area contributed by atoms with Crippen LogP contribution in [0.15, 0.2) is 24.3 Å².